The van der Waals surface area contributed by atoms with Crippen LogP contribution in [0.15, 0.2) is 285 Å². The standard InChI is InChI=1S/C72H47N/c1-5-20-48(21-6-1)49-36-39-54(40-37-49)73(55-41-44-61-58-29-13-16-33-64(58)71(67(61)46-55,52-25-9-3-10-26-52)53-27-11-4-12-28-53)56-42-45-62-59-30-14-17-34-65(59)72(68(62)47-56)66-35-18-15-31-60(66)63-32-19-24-51-38-43-57(70(72)69(51)63)50-22-7-2-8-23-50/h1-47H. The van der Waals surface area contributed by atoms with Crippen molar-refractivity contribution in [2.24, 2.45) is 0 Å². The molecule has 15 rings (SSSR count). The van der Waals surface area contributed by atoms with Gasteiger partial charge in [0, 0.05) is 17.1 Å². The maximum atomic E-state index is 2.54. The van der Waals surface area contributed by atoms with Gasteiger partial charge in [0.25, 0.3) is 0 Å². The maximum Gasteiger partial charge on any atom is 0.0732 e. The summed E-state index contributed by atoms with van der Waals surface area (Å²) >= 11 is 0. The Bertz CT molecular complexity index is 4080. The van der Waals surface area contributed by atoms with Crippen LogP contribution in [0.5, 0.6) is 0 Å². The summed E-state index contributed by atoms with van der Waals surface area (Å²) in [5.74, 6) is 0. The molecule has 1 heteroatoms. The van der Waals surface area contributed by atoms with Gasteiger partial charge in [-0.05, 0) is 147 Å². The molecule has 0 saturated carbocycles. The second-order valence-electron chi connectivity index (χ2n) is 19.8. The summed E-state index contributed by atoms with van der Waals surface area (Å²) in [4.78, 5) is 2.51. The number of hydrogen-bond donors (Lipinski definition) is 0. The van der Waals surface area contributed by atoms with Crippen molar-refractivity contribution in [1.82, 2.24) is 0 Å². The predicted octanol–water partition coefficient (Wildman–Crippen LogP) is 18.4. The fourth-order valence-corrected chi connectivity index (χ4v) is 13.4. The molecule has 0 aliphatic heterocycles. The smallest absolute Gasteiger partial charge is 0.0732 e. The van der Waals surface area contributed by atoms with Crippen LogP contribution in [0.2, 0.25) is 0 Å². The van der Waals surface area contributed by atoms with E-state index in [2.05, 4.69) is 290 Å². The average molecular weight is 926 g/mol. The second-order valence-corrected chi connectivity index (χ2v) is 19.8. The van der Waals surface area contributed by atoms with Crippen LogP contribution in [-0.2, 0) is 10.8 Å². The number of anilines is 3. The Morgan fingerprint density at radius 3 is 1.19 bits per heavy atom. The van der Waals surface area contributed by atoms with Gasteiger partial charge in [0.15, 0.2) is 0 Å². The van der Waals surface area contributed by atoms with Gasteiger partial charge in [0.05, 0.1) is 10.8 Å². The topological polar surface area (TPSA) is 3.24 Å². The molecule has 1 unspecified atom stereocenters. The summed E-state index contributed by atoms with van der Waals surface area (Å²) in [5.41, 5.74) is 24.9. The Balaban J connectivity index is 1.03. The largest absolute Gasteiger partial charge is 0.310 e. The van der Waals surface area contributed by atoms with Gasteiger partial charge in [-0.15, -0.1) is 0 Å². The first-order valence-electron chi connectivity index (χ1n) is 25.5. The minimum absolute atomic E-state index is 0.553. The van der Waals surface area contributed by atoms with Crippen molar-refractivity contribution in [2.75, 3.05) is 4.90 Å². The molecule has 3 aliphatic carbocycles. The summed E-state index contributed by atoms with van der Waals surface area (Å²) in [6.45, 7) is 0. The Morgan fingerprint density at radius 1 is 0.233 bits per heavy atom. The highest BCUT2D eigenvalue weighted by molar-refractivity contribution is 6.10. The van der Waals surface area contributed by atoms with Crippen LogP contribution in [-0.4, -0.2) is 0 Å². The summed E-state index contributed by atoms with van der Waals surface area (Å²) in [6.07, 6.45) is 0. The first-order valence-corrected chi connectivity index (χ1v) is 25.5. The first-order chi connectivity index (χ1) is 36.2. The number of hydrogen-bond acceptors (Lipinski definition) is 1. The van der Waals surface area contributed by atoms with Gasteiger partial charge < -0.3 is 4.90 Å². The fourth-order valence-electron chi connectivity index (χ4n) is 13.4. The normalized spacial score (nSPS) is 15.0. The summed E-state index contributed by atoms with van der Waals surface area (Å²) in [5, 5.41) is 2.57. The fraction of sp³-hybridized carbons (Fsp3) is 0.0278. The van der Waals surface area contributed by atoms with Gasteiger partial charge in [-0.3, -0.25) is 0 Å². The molecule has 0 amide bonds. The monoisotopic (exact) mass is 925 g/mol. The zero-order chi connectivity index (χ0) is 48.1. The Morgan fingerprint density at radius 2 is 0.630 bits per heavy atom. The van der Waals surface area contributed by atoms with Crippen LogP contribution in [0.3, 0.4) is 0 Å². The third-order valence-corrected chi connectivity index (χ3v) is 16.3. The van der Waals surface area contributed by atoms with Crippen molar-refractivity contribution in [3.63, 3.8) is 0 Å². The quantitative estimate of drug-likeness (QED) is 0.154. The molecule has 340 valence electrons. The number of fused-ring (bicyclic) bond motifs is 12. The number of rotatable bonds is 7. The Labute approximate surface area is 426 Å². The highest BCUT2D eigenvalue weighted by atomic mass is 15.1. The molecule has 0 heterocycles. The summed E-state index contributed by atoms with van der Waals surface area (Å²) in [7, 11) is 0. The Hall–Kier alpha value is -9.30. The van der Waals surface area contributed by atoms with E-state index < -0.39 is 10.8 Å². The summed E-state index contributed by atoms with van der Waals surface area (Å²) < 4.78 is 0. The van der Waals surface area contributed by atoms with Crippen LogP contribution in [0.1, 0.15) is 44.5 Å². The lowest BCUT2D eigenvalue weighted by Crippen LogP contribution is -2.32. The van der Waals surface area contributed by atoms with E-state index in [1.165, 1.54) is 111 Å². The second kappa shape index (κ2) is 16.1. The van der Waals surface area contributed by atoms with Crippen LogP contribution in [0, 0.1) is 0 Å². The molecule has 1 spiro atoms. The van der Waals surface area contributed by atoms with E-state index in [0.717, 1.165) is 17.1 Å². The molecular formula is C72H47N. The van der Waals surface area contributed by atoms with Gasteiger partial charge in [-0.25, -0.2) is 0 Å². The highest BCUT2D eigenvalue weighted by Crippen LogP contribution is 2.64. The minimum atomic E-state index is -0.643. The van der Waals surface area contributed by atoms with Crippen molar-refractivity contribution >= 4 is 27.8 Å². The van der Waals surface area contributed by atoms with Crippen molar-refractivity contribution in [3.05, 3.63) is 330 Å². The molecule has 0 radical (unpaired) electrons. The van der Waals surface area contributed by atoms with E-state index in [4.69, 9.17) is 0 Å². The van der Waals surface area contributed by atoms with Crippen LogP contribution >= 0.6 is 0 Å². The molecular weight excluding hydrogens is 879 g/mol. The van der Waals surface area contributed by atoms with E-state index in [1.54, 1.807) is 0 Å². The zero-order valence-corrected chi connectivity index (χ0v) is 40.1. The molecule has 0 bridgehead atoms. The molecule has 12 aromatic carbocycles. The molecule has 0 fully saturated rings. The molecule has 3 aliphatic rings. The van der Waals surface area contributed by atoms with E-state index in [9.17, 15) is 0 Å². The minimum Gasteiger partial charge on any atom is -0.310 e. The van der Waals surface area contributed by atoms with E-state index in [-0.39, 0.29) is 0 Å². The molecule has 0 saturated heterocycles. The van der Waals surface area contributed by atoms with Crippen LogP contribution in [0.4, 0.5) is 17.1 Å². The van der Waals surface area contributed by atoms with E-state index in [1.807, 2.05) is 0 Å². The van der Waals surface area contributed by atoms with Gasteiger partial charge in [0.2, 0.25) is 0 Å². The third-order valence-electron chi connectivity index (χ3n) is 16.3. The van der Waals surface area contributed by atoms with Crippen molar-refractivity contribution in [1.29, 1.82) is 0 Å². The summed E-state index contributed by atoms with van der Waals surface area (Å²) in [6, 6.07) is 107. The Kier molecular flexibility index (Phi) is 9.16. The van der Waals surface area contributed by atoms with Crippen molar-refractivity contribution in [2.45, 2.75) is 10.8 Å². The highest BCUT2D eigenvalue weighted by Gasteiger charge is 2.52. The maximum absolute atomic E-state index is 2.54. The van der Waals surface area contributed by atoms with E-state index in [0.29, 0.717) is 0 Å². The molecule has 1 nitrogen and oxygen atoms in total. The third kappa shape index (κ3) is 5.85. The number of benzene rings is 12. The first kappa shape index (κ1) is 41.5. The lowest BCUT2D eigenvalue weighted by atomic mass is 9.60. The average Bonchev–Trinajstić information content (AvgIpc) is 3.94. The molecule has 0 aromatic heterocycles. The lowest BCUT2D eigenvalue weighted by Gasteiger charge is -2.41. The van der Waals surface area contributed by atoms with Gasteiger partial charge >= 0.3 is 0 Å². The van der Waals surface area contributed by atoms with Gasteiger partial charge in [-0.2, -0.15) is 0 Å². The van der Waals surface area contributed by atoms with Crippen LogP contribution in [0.25, 0.3) is 66.4 Å². The number of nitrogens with zero attached hydrogens (tertiary/aromatic N) is 1. The van der Waals surface area contributed by atoms with Gasteiger partial charge in [-0.1, -0.05) is 249 Å². The zero-order valence-electron chi connectivity index (χ0n) is 40.1. The van der Waals surface area contributed by atoms with Crippen molar-refractivity contribution in [3.8, 4) is 55.6 Å². The van der Waals surface area contributed by atoms with Gasteiger partial charge in [0.1, 0.15) is 0 Å². The van der Waals surface area contributed by atoms with Crippen molar-refractivity contribution < 1.29 is 0 Å². The molecule has 73 heavy (non-hydrogen) atoms. The molecule has 0 N–H and O–H groups in total. The predicted molar refractivity (Wildman–Crippen MR) is 303 cm³/mol. The lowest BCUT2D eigenvalue weighted by molar-refractivity contribution is 0.768. The molecule has 12 aromatic rings. The van der Waals surface area contributed by atoms with Crippen LogP contribution < -0.4 is 4.90 Å². The molecule has 1 atom stereocenters. The van der Waals surface area contributed by atoms with E-state index >= 15 is 0 Å². The SMILES string of the molecule is c1ccc(-c2ccc(N(c3ccc4c(c3)C(c3ccccc3)(c3ccccc3)c3ccccc3-4)c3ccc4c(c3)C3(c5ccccc5-4)c4ccccc4-c4cccc5ccc(-c6ccccc6)c3c45)cc2)cc1.